The second-order valence-electron chi connectivity index (χ2n) is 7.17. The molecule has 4 aromatic rings. The maximum absolute atomic E-state index is 12.3. The quantitative estimate of drug-likeness (QED) is 0.238. The lowest BCUT2D eigenvalue weighted by molar-refractivity contribution is -0.136. The average Bonchev–Trinajstić information content (AvgIpc) is 2.84. The van der Waals surface area contributed by atoms with Gasteiger partial charge in [-0.2, -0.15) is 5.10 Å². The summed E-state index contributed by atoms with van der Waals surface area (Å²) >= 11 is 5.89. The van der Waals surface area contributed by atoms with Crippen LogP contribution in [0.4, 0.5) is 5.69 Å². The van der Waals surface area contributed by atoms with Crippen molar-refractivity contribution in [3.63, 3.8) is 0 Å². The van der Waals surface area contributed by atoms with Gasteiger partial charge >= 0.3 is 11.8 Å². The molecule has 4 aromatic carbocycles. The summed E-state index contributed by atoms with van der Waals surface area (Å²) in [7, 11) is 0. The van der Waals surface area contributed by atoms with Gasteiger partial charge in [0.15, 0.2) is 0 Å². The minimum absolute atomic E-state index is 0.392. The van der Waals surface area contributed by atoms with E-state index in [-0.39, 0.29) is 0 Å². The second-order valence-corrected chi connectivity index (χ2v) is 7.60. The van der Waals surface area contributed by atoms with E-state index in [1.165, 1.54) is 6.21 Å². The summed E-state index contributed by atoms with van der Waals surface area (Å²) in [6, 6.07) is 27.7. The molecule has 2 amide bonds. The van der Waals surface area contributed by atoms with Crippen LogP contribution in [0.2, 0.25) is 5.02 Å². The van der Waals surface area contributed by atoms with Crippen LogP contribution in [0.1, 0.15) is 11.1 Å². The number of nitrogens with zero attached hydrogens (tertiary/aromatic N) is 1. The Labute approximate surface area is 195 Å². The molecular formula is C26H20ClN3O3. The zero-order chi connectivity index (χ0) is 23.0. The van der Waals surface area contributed by atoms with Crippen molar-refractivity contribution in [2.24, 2.45) is 5.10 Å². The normalized spacial score (nSPS) is 10.8. The molecule has 7 heteroatoms. The molecule has 6 nitrogen and oxygen atoms in total. The highest BCUT2D eigenvalue weighted by atomic mass is 35.5. The van der Waals surface area contributed by atoms with Crippen LogP contribution in [0.15, 0.2) is 96.1 Å². The maximum Gasteiger partial charge on any atom is 0.329 e. The highest BCUT2D eigenvalue weighted by Gasteiger charge is 2.14. The molecule has 0 aliphatic rings. The van der Waals surface area contributed by atoms with Gasteiger partial charge in [-0.3, -0.25) is 9.59 Å². The number of nitrogens with one attached hydrogen (secondary N) is 2. The zero-order valence-electron chi connectivity index (χ0n) is 17.5. The van der Waals surface area contributed by atoms with Gasteiger partial charge in [-0.25, -0.2) is 5.43 Å². The van der Waals surface area contributed by atoms with Crippen LogP contribution in [0.25, 0.3) is 10.8 Å². The summed E-state index contributed by atoms with van der Waals surface area (Å²) in [5, 5.41) is 8.99. The minimum atomic E-state index is -0.866. The molecule has 0 saturated heterocycles. The Bertz CT molecular complexity index is 1310. The van der Waals surface area contributed by atoms with E-state index in [0.29, 0.717) is 28.6 Å². The predicted molar refractivity (Wildman–Crippen MR) is 131 cm³/mol. The number of hydrogen-bond acceptors (Lipinski definition) is 4. The van der Waals surface area contributed by atoms with Gasteiger partial charge in [0.1, 0.15) is 12.4 Å². The summed E-state index contributed by atoms with van der Waals surface area (Å²) in [5.74, 6) is -1.02. The highest BCUT2D eigenvalue weighted by Crippen LogP contribution is 2.22. The SMILES string of the molecule is O=C(N/N=C/c1cccc(OCc2ccc(Cl)cc2)c1)C(=O)Nc1cccc2ccccc12. The van der Waals surface area contributed by atoms with Crippen LogP contribution < -0.4 is 15.5 Å². The Kier molecular flexibility index (Phi) is 6.97. The summed E-state index contributed by atoms with van der Waals surface area (Å²) in [6.45, 7) is 0.392. The fraction of sp³-hybridized carbons (Fsp3) is 0.0385. The number of amides is 2. The number of hydrogen-bond donors (Lipinski definition) is 2. The fourth-order valence-electron chi connectivity index (χ4n) is 3.16. The Hall–Kier alpha value is -4.16. The standard InChI is InChI=1S/C26H20ClN3O3/c27-21-13-11-18(12-14-21)17-33-22-8-3-5-19(15-22)16-28-30-26(32)25(31)29-24-10-4-7-20-6-1-2-9-23(20)24/h1-16H,17H2,(H,29,31)(H,30,32)/b28-16+. The first-order valence-corrected chi connectivity index (χ1v) is 10.6. The first kappa shape index (κ1) is 22.0. The summed E-state index contributed by atoms with van der Waals surface area (Å²) in [6.07, 6.45) is 1.44. The third kappa shape index (κ3) is 5.96. The summed E-state index contributed by atoms with van der Waals surface area (Å²) in [5.41, 5.74) is 4.50. The molecule has 2 N–H and O–H groups in total. The van der Waals surface area contributed by atoms with Crippen LogP contribution in [-0.2, 0) is 16.2 Å². The van der Waals surface area contributed by atoms with Crippen molar-refractivity contribution in [3.8, 4) is 5.75 Å². The number of halogens is 1. The van der Waals surface area contributed by atoms with E-state index in [9.17, 15) is 9.59 Å². The van der Waals surface area contributed by atoms with Crippen molar-refractivity contribution in [1.82, 2.24) is 5.43 Å². The fourth-order valence-corrected chi connectivity index (χ4v) is 3.29. The molecule has 4 rings (SSSR count). The van der Waals surface area contributed by atoms with E-state index in [1.807, 2.05) is 72.8 Å². The van der Waals surface area contributed by atoms with Crippen LogP contribution in [-0.4, -0.2) is 18.0 Å². The van der Waals surface area contributed by atoms with Gasteiger partial charge in [0.25, 0.3) is 0 Å². The number of anilines is 1. The molecule has 0 fully saturated rings. The molecule has 0 spiro atoms. The van der Waals surface area contributed by atoms with Crippen molar-refractivity contribution in [2.75, 3.05) is 5.32 Å². The van der Waals surface area contributed by atoms with Gasteiger partial charge in [0.2, 0.25) is 0 Å². The highest BCUT2D eigenvalue weighted by molar-refractivity contribution is 6.40. The molecular weight excluding hydrogens is 438 g/mol. The third-order valence-corrected chi connectivity index (χ3v) is 5.05. The van der Waals surface area contributed by atoms with E-state index in [4.69, 9.17) is 16.3 Å². The molecule has 0 unspecified atom stereocenters. The van der Waals surface area contributed by atoms with Crippen LogP contribution in [0.5, 0.6) is 5.75 Å². The number of fused-ring (bicyclic) bond motifs is 1. The van der Waals surface area contributed by atoms with E-state index in [2.05, 4.69) is 15.8 Å². The average molecular weight is 458 g/mol. The Morgan fingerprint density at radius 2 is 1.64 bits per heavy atom. The van der Waals surface area contributed by atoms with E-state index in [1.54, 1.807) is 18.2 Å². The Morgan fingerprint density at radius 1 is 0.879 bits per heavy atom. The van der Waals surface area contributed by atoms with Crippen molar-refractivity contribution >= 4 is 46.1 Å². The smallest absolute Gasteiger partial charge is 0.329 e. The lowest BCUT2D eigenvalue weighted by atomic mass is 10.1. The van der Waals surface area contributed by atoms with Crippen molar-refractivity contribution in [2.45, 2.75) is 6.61 Å². The van der Waals surface area contributed by atoms with E-state index in [0.717, 1.165) is 16.3 Å². The molecule has 0 saturated carbocycles. The predicted octanol–water partition coefficient (Wildman–Crippen LogP) is 5.16. The number of benzene rings is 4. The second kappa shape index (κ2) is 10.4. The monoisotopic (exact) mass is 457 g/mol. The largest absolute Gasteiger partial charge is 0.489 e. The lowest BCUT2D eigenvalue weighted by Gasteiger charge is -2.08. The number of carbonyl (C=O) groups is 2. The number of carbonyl (C=O) groups excluding carboxylic acids is 2. The number of ether oxygens (including phenoxy) is 1. The summed E-state index contributed by atoms with van der Waals surface area (Å²) in [4.78, 5) is 24.4. The molecule has 0 radical (unpaired) electrons. The van der Waals surface area contributed by atoms with Gasteiger partial charge in [-0.15, -0.1) is 0 Å². The molecule has 164 valence electrons. The van der Waals surface area contributed by atoms with Crippen LogP contribution in [0, 0.1) is 0 Å². The Balaban J connectivity index is 1.32. The minimum Gasteiger partial charge on any atom is -0.489 e. The molecule has 0 aliphatic carbocycles. The van der Waals surface area contributed by atoms with Gasteiger partial charge in [0, 0.05) is 16.1 Å². The molecule has 0 aliphatic heterocycles. The van der Waals surface area contributed by atoms with Gasteiger partial charge in [0.05, 0.1) is 6.21 Å². The molecule has 0 bridgehead atoms. The van der Waals surface area contributed by atoms with Crippen molar-refractivity contribution in [1.29, 1.82) is 0 Å². The Morgan fingerprint density at radius 3 is 2.48 bits per heavy atom. The lowest BCUT2D eigenvalue weighted by Crippen LogP contribution is -2.32. The van der Waals surface area contributed by atoms with Crippen LogP contribution >= 0.6 is 11.6 Å². The molecule has 0 heterocycles. The third-order valence-electron chi connectivity index (χ3n) is 4.80. The van der Waals surface area contributed by atoms with Gasteiger partial charge in [-0.05, 0) is 46.8 Å². The maximum atomic E-state index is 12.3. The van der Waals surface area contributed by atoms with Gasteiger partial charge < -0.3 is 10.1 Å². The summed E-state index contributed by atoms with van der Waals surface area (Å²) < 4.78 is 5.78. The number of hydrazone groups is 1. The first-order chi connectivity index (χ1) is 16.1. The molecule has 0 atom stereocenters. The molecule has 33 heavy (non-hydrogen) atoms. The van der Waals surface area contributed by atoms with Crippen LogP contribution in [0.3, 0.4) is 0 Å². The number of rotatable bonds is 6. The van der Waals surface area contributed by atoms with Crippen molar-refractivity contribution in [3.05, 3.63) is 107 Å². The molecule has 0 aromatic heterocycles. The zero-order valence-corrected chi connectivity index (χ0v) is 18.3. The topological polar surface area (TPSA) is 79.8 Å². The van der Waals surface area contributed by atoms with Gasteiger partial charge in [-0.1, -0.05) is 72.3 Å². The van der Waals surface area contributed by atoms with E-state index < -0.39 is 11.8 Å². The van der Waals surface area contributed by atoms with E-state index >= 15 is 0 Å². The first-order valence-electron chi connectivity index (χ1n) is 10.2. The van der Waals surface area contributed by atoms with Crippen molar-refractivity contribution < 1.29 is 14.3 Å².